The number of anilines is 1. The van der Waals surface area contributed by atoms with Gasteiger partial charge in [0.05, 0.1) is 5.69 Å². The summed E-state index contributed by atoms with van der Waals surface area (Å²) in [6.07, 6.45) is 0. The van der Waals surface area contributed by atoms with Gasteiger partial charge in [-0.2, -0.15) is 4.80 Å². The molecular weight excluding hydrogens is 438 g/mol. The van der Waals surface area contributed by atoms with Crippen LogP contribution in [0.2, 0.25) is 0 Å². The van der Waals surface area contributed by atoms with Crippen molar-refractivity contribution in [2.45, 2.75) is 13.8 Å². The fraction of sp³-hybridized carbons (Fsp3) is 0.167. The van der Waals surface area contributed by atoms with Crippen molar-refractivity contribution >= 4 is 40.0 Å². The number of nitrogens with one attached hydrogen (secondary N) is 2. The van der Waals surface area contributed by atoms with Crippen LogP contribution in [0.4, 0.5) is 5.69 Å². The van der Waals surface area contributed by atoms with Crippen LogP contribution < -0.4 is 20.1 Å². The zero-order valence-corrected chi connectivity index (χ0v) is 18.9. The van der Waals surface area contributed by atoms with E-state index in [-0.39, 0.29) is 11.0 Å². The molecule has 8 nitrogen and oxygen atoms in total. The lowest BCUT2D eigenvalue weighted by Gasteiger charge is -2.18. The summed E-state index contributed by atoms with van der Waals surface area (Å²) in [4.78, 5) is 14.3. The molecule has 2 heterocycles. The average molecular weight is 460 g/mol. The number of nitrogens with zero attached hydrogens (tertiary/aromatic N) is 3. The largest absolute Gasteiger partial charge is 0.486 e. The Morgan fingerprint density at radius 3 is 2.39 bits per heavy atom. The van der Waals surface area contributed by atoms with Gasteiger partial charge in [0.1, 0.15) is 24.2 Å². The third-order valence-corrected chi connectivity index (χ3v) is 5.48. The van der Waals surface area contributed by atoms with Crippen molar-refractivity contribution in [2.24, 2.45) is 0 Å². The number of aryl methyl sites for hydroxylation is 2. The molecule has 1 amide bonds. The van der Waals surface area contributed by atoms with E-state index in [1.165, 1.54) is 5.56 Å². The Kier molecular flexibility index (Phi) is 5.39. The van der Waals surface area contributed by atoms with Crippen molar-refractivity contribution in [3.05, 3.63) is 71.3 Å². The Morgan fingerprint density at radius 2 is 1.64 bits per heavy atom. The lowest BCUT2D eigenvalue weighted by Crippen LogP contribution is -2.34. The van der Waals surface area contributed by atoms with Crippen LogP contribution in [0.25, 0.3) is 16.7 Å². The Balaban J connectivity index is 1.32. The molecule has 0 fully saturated rings. The molecule has 9 heteroatoms. The van der Waals surface area contributed by atoms with E-state index in [1.807, 2.05) is 50.2 Å². The molecule has 166 valence electrons. The minimum atomic E-state index is -0.339. The van der Waals surface area contributed by atoms with Crippen LogP contribution >= 0.6 is 12.2 Å². The van der Waals surface area contributed by atoms with E-state index in [0.29, 0.717) is 35.8 Å². The van der Waals surface area contributed by atoms with Crippen LogP contribution in [-0.4, -0.2) is 39.2 Å². The summed E-state index contributed by atoms with van der Waals surface area (Å²) in [5.41, 5.74) is 5.63. The number of amides is 1. The molecule has 1 aliphatic rings. The summed E-state index contributed by atoms with van der Waals surface area (Å²) in [5.74, 6) is 0.834. The number of rotatable bonds is 3. The van der Waals surface area contributed by atoms with E-state index in [4.69, 9.17) is 21.7 Å². The summed E-state index contributed by atoms with van der Waals surface area (Å²) >= 11 is 5.37. The van der Waals surface area contributed by atoms with Gasteiger partial charge in [0.2, 0.25) is 0 Å². The quantitative estimate of drug-likeness (QED) is 0.449. The average Bonchev–Trinajstić information content (AvgIpc) is 3.22. The third-order valence-electron chi connectivity index (χ3n) is 5.27. The van der Waals surface area contributed by atoms with Gasteiger partial charge in [0.15, 0.2) is 16.6 Å². The normalized spacial score (nSPS) is 12.4. The smallest absolute Gasteiger partial charge is 0.257 e. The number of carbonyl (C=O) groups excluding carboxylic acids is 1. The predicted molar refractivity (Wildman–Crippen MR) is 129 cm³/mol. The van der Waals surface area contributed by atoms with Crippen LogP contribution in [0.5, 0.6) is 11.5 Å². The second-order valence-corrected chi connectivity index (χ2v) is 8.16. The fourth-order valence-electron chi connectivity index (χ4n) is 3.51. The van der Waals surface area contributed by atoms with Crippen molar-refractivity contribution in [2.75, 3.05) is 18.5 Å². The number of carbonyl (C=O) groups is 1. The Hall–Kier alpha value is -3.98. The van der Waals surface area contributed by atoms with Gasteiger partial charge in [-0.15, -0.1) is 10.2 Å². The predicted octanol–water partition coefficient (Wildman–Crippen LogP) is 3.94. The SMILES string of the molecule is Cc1ccc(-n2nc3cc(C)c(NC(=S)NC(=O)c4ccc5c(c4)OCCO5)cc3n2)cc1. The number of fused-ring (bicyclic) bond motifs is 2. The molecule has 5 rings (SSSR count). The van der Waals surface area contributed by atoms with Gasteiger partial charge in [-0.3, -0.25) is 10.1 Å². The number of aromatic nitrogens is 3. The van der Waals surface area contributed by atoms with Crippen molar-refractivity contribution < 1.29 is 14.3 Å². The van der Waals surface area contributed by atoms with Gasteiger partial charge in [-0.05, 0) is 74.1 Å². The zero-order valence-electron chi connectivity index (χ0n) is 18.1. The highest BCUT2D eigenvalue weighted by Gasteiger charge is 2.16. The minimum absolute atomic E-state index is 0.184. The molecule has 4 aromatic rings. The molecule has 0 saturated carbocycles. The number of hydrogen-bond acceptors (Lipinski definition) is 6. The van der Waals surface area contributed by atoms with Crippen LogP contribution in [0.3, 0.4) is 0 Å². The number of hydrogen-bond donors (Lipinski definition) is 2. The van der Waals surface area contributed by atoms with Crippen molar-refractivity contribution in [1.29, 1.82) is 0 Å². The van der Waals surface area contributed by atoms with Gasteiger partial charge in [0, 0.05) is 11.3 Å². The molecule has 0 bridgehead atoms. The molecule has 0 saturated heterocycles. The molecule has 2 N–H and O–H groups in total. The topological polar surface area (TPSA) is 90.3 Å². The van der Waals surface area contributed by atoms with Crippen LogP contribution in [0, 0.1) is 13.8 Å². The monoisotopic (exact) mass is 459 g/mol. The van der Waals surface area contributed by atoms with Crippen LogP contribution in [0.15, 0.2) is 54.6 Å². The van der Waals surface area contributed by atoms with E-state index in [0.717, 1.165) is 22.5 Å². The lowest BCUT2D eigenvalue weighted by atomic mass is 10.1. The maximum Gasteiger partial charge on any atom is 0.257 e. The van der Waals surface area contributed by atoms with E-state index >= 15 is 0 Å². The minimum Gasteiger partial charge on any atom is -0.486 e. The number of ether oxygens (including phenoxy) is 2. The second kappa shape index (κ2) is 8.51. The molecule has 1 aliphatic heterocycles. The summed E-state index contributed by atoms with van der Waals surface area (Å²) in [5, 5.41) is 15.1. The van der Waals surface area contributed by atoms with E-state index < -0.39 is 0 Å². The first kappa shape index (κ1) is 20.9. The summed E-state index contributed by atoms with van der Waals surface area (Å²) in [7, 11) is 0. The van der Waals surface area contributed by atoms with Gasteiger partial charge in [-0.25, -0.2) is 0 Å². The number of thiocarbonyl (C=S) groups is 1. The van der Waals surface area contributed by atoms with E-state index in [1.54, 1.807) is 23.0 Å². The number of benzene rings is 3. The van der Waals surface area contributed by atoms with Crippen LogP contribution in [-0.2, 0) is 0 Å². The molecule has 1 aromatic heterocycles. The summed E-state index contributed by atoms with van der Waals surface area (Å²) < 4.78 is 11.0. The second-order valence-electron chi connectivity index (χ2n) is 7.75. The van der Waals surface area contributed by atoms with Gasteiger partial charge < -0.3 is 14.8 Å². The molecule has 33 heavy (non-hydrogen) atoms. The highest BCUT2D eigenvalue weighted by Crippen LogP contribution is 2.30. The van der Waals surface area contributed by atoms with Crippen molar-refractivity contribution in [3.63, 3.8) is 0 Å². The molecular formula is C24H21N5O3S. The van der Waals surface area contributed by atoms with Gasteiger partial charge in [0.25, 0.3) is 5.91 Å². The zero-order chi connectivity index (χ0) is 22.9. The lowest BCUT2D eigenvalue weighted by molar-refractivity contribution is 0.0976. The van der Waals surface area contributed by atoms with Crippen molar-refractivity contribution in [3.8, 4) is 17.2 Å². The first-order valence-corrected chi connectivity index (χ1v) is 10.8. The maximum absolute atomic E-state index is 12.7. The summed E-state index contributed by atoms with van der Waals surface area (Å²) in [6.45, 7) is 4.93. The van der Waals surface area contributed by atoms with Crippen LogP contribution in [0.1, 0.15) is 21.5 Å². The first-order valence-electron chi connectivity index (χ1n) is 10.4. The molecule has 0 unspecified atom stereocenters. The highest BCUT2D eigenvalue weighted by molar-refractivity contribution is 7.80. The fourth-order valence-corrected chi connectivity index (χ4v) is 3.71. The molecule has 0 radical (unpaired) electrons. The standard InChI is InChI=1S/C24H21N5O3S/c1-14-3-6-17(7-4-14)29-27-19-11-15(2)18(13-20(19)28-29)25-24(33)26-23(30)16-5-8-21-22(12-16)32-10-9-31-21/h3-8,11-13H,9-10H2,1-2H3,(H2,25,26,30,33). The third kappa shape index (κ3) is 4.35. The molecule has 0 atom stereocenters. The Labute approximate surface area is 195 Å². The molecule has 0 spiro atoms. The maximum atomic E-state index is 12.7. The Bertz CT molecular complexity index is 1380. The van der Waals surface area contributed by atoms with E-state index in [9.17, 15) is 4.79 Å². The molecule has 3 aromatic carbocycles. The molecule has 0 aliphatic carbocycles. The van der Waals surface area contributed by atoms with Gasteiger partial charge >= 0.3 is 0 Å². The summed E-state index contributed by atoms with van der Waals surface area (Å²) in [6, 6.07) is 16.8. The van der Waals surface area contributed by atoms with Gasteiger partial charge in [-0.1, -0.05) is 17.7 Å². The highest BCUT2D eigenvalue weighted by atomic mass is 32.1. The van der Waals surface area contributed by atoms with E-state index in [2.05, 4.69) is 20.8 Å². The first-order chi connectivity index (χ1) is 16.0. The van der Waals surface area contributed by atoms with Crippen molar-refractivity contribution in [1.82, 2.24) is 20.3 Å². The Morgan fingerprint density at radius 1 is 0.939 bits per heavy atom.